The molecule has 0 aliphatic carbocycles. The van der Waals surface area contributed by atoms with E-state index < -0.39 is 23.6 Å². The van der Waals surface area contributed by atoms with Crippen molar-refractivity contribution in [2.24, 2.45) is 5.92 Å². The van der Waals surface area contributed by atoms with Crippen LogP contribution in [0, 0.1) is 5.92 Å². The van der Waals surface area contributed by atoms with E-state index in [2.05, 4.69) is 21.2 Å². The molecule has 0 saturated carbocycles. The molecule has 1 atom stereocenters. The van der Waals surface area contributed by atoms with Crippen LogP contribution in [0.15, 0.2) is 28.7 Å². The maximum atomic E-state index is 11.6. The summed E-state index contributed by atoms with van der Waals surface area (Å²) < 4.78 is 6.02. The monoisotopic (exact) mass is 357 g/mol. The smallest absolute Gasteiger partial charge is 0.407 e. The van der Waals surface area contributed by atoms with E-state index in [9.17, 15) is 14.7 Å². The Labute approximate surface area is 132 Å². The lowest BCUT2D eigenvalue weighted by Crippen LogP contribution is -2.37. The van der Waals surface area contributed by atoms with Crippen molar-refractivity contribution in [2.75, 3.05) is 6.54 Å². The quantitative estimate of drug-likeness (QED) is 0.848. The van der Waals surface area contributed by atoms with E-state index in [1.165, 1.54) is 0 Å². The lowest BCUT2D eigenvalue weighted by molar-refractivity contribution is -0.141. The van der Waals surface area contributed by atoms with Crippen molar-refractivity contribution in [1.82, 2.24) is 5.32 Å². The molecule has 0 unspecified atom stereocenters. The molecule has 0 saturated heterocycles. The van der Waals surface area contributed by atoms with Gasteiger partial charge in [-0.05, 0) is 44.9 Å². The van der Waals surface area contributed by atoms with E-state index in [1.807, 2.05) is 24.3 Å². The molecular weight excluding hydrogens is 338 g/mol. The van der Waals surface area contributed by atoms with Crippen LogP contribution in [0.5, 0.6) is 0 Å². The van der Waals surface area contributed by atoms with Crippen LogP contribution in [0.4, 0.5) is 4.79 Å². The minimum atomic E-state index is -0.950. The number of carbonyl (C=O) groups is 2. The number of hydrogen-bond acceptors (Lipinski definition) is 3. The number of carboxylic acids is 1. The number of hydrogen-bond donors (Lipinski definition) is 2. The Kier molecular flexibility index (Phi) is 6.20. The summed E-state index contributed by atoms with van der Waals surface area (Å²) in [6.45, 7) is 5.29. The molecule has 116 valence electrons. The summed E-state index contributed by atoms with van der Waals surface area (Å²) in [5, 5.41) is 11.7. The molecule has 1 amide bonds. The first-order chi connectivity index (χ1) is 9.67. The highest BCUT2D eigenvalue weighted by Crippen LogP contribution is 2.14. The Morgan fingerprint density at radius 1 is 1.29 bits per heavy atom. The molecule has 0 aliphatic heterocycles. The molecule has 21 heavy (non-hydrogen) atoms. The van der Waals surface area contributed by atoms with E-state index in [1.54, 1.807) is 20.8 Å². The maximum Gasteiger partial charge on any atom is 0.407 e. The summed E-state index contributed by atoms with van der Waals surface area (Å²) in [6.07, 6.45) is -0.261. The van der Waals surface area contributed by atoms with Crippen molar-refractivity contribution >= 4 is 28.0 Å². The zero-order chi connectivity index (χ0) is 16.0. The van der Waals surface area contributed by atoms with Crippen LogP contribution in [0.25, 0.3) is 0 Å². The van der Waals surface area contributed by atoms with Gasteiger partial charge in [-0.15, -0.1) is 0 Å². The minimum absolute atomic E-state index is 0.0281. The van der Waals surface area contributed by atoms with Gasteiger partial charge in [-0.1, -0.05) is 28.1 Å². The van der Waals surface area contributed by atoms with Gasteiger partial charge in [0.2, 0.25) is 0 Å². The van der Waals surface area contributed by atoms with Crippen molar-refractivity contribution in [3.8, 4) is 0 Å². The Morgan fingerprint density at radius 3 is 2.33 bits per heavy atom. The van der Waals surface area contributed by atoms with Crippen LogP contribution in [-0.2, 0) is 16.0 Å². The zero-order valence-corrected chi connectivity index (χ0v) is 13.9. The predicted molar refractivity (Wildman–Crippen MR) is 83.2 cm³/mol. The Balaban J connectivity index is 2.56. The van der Waals surface area contributed by atoms with Gasteiger partial charge in [-0.2, -0.15) is 0 Å². The fourth-order valence-electron chi connectivity index (χ4n) is 1.67. The fraction of sp³-hybridized carbons (Fsp3) is 0.467. The van der Waals surface area contributed by atoms with E-state index in [0.717, 1.165) is 10.0 Å². The normalized spacial score (nSPS) is 12.6. The standard InChI is InChI=1S/C15H20BrNO4/c1-15(2,3)21-14(20)17-9-11(13(18)19)8-10-4-6-12(16)7-5-10/h4-7,11H,8-9H2,1-3H3,(H,17,20)(H,18,19)/t11-/m1/s1. The van der Waals surface area contributed by atoms with Gasteiger partial charge in [0, 0.05) is 11.0 Å². The molecule has 2 N–H and O–H groups in total. The molecule has 6 heteroatoms. The number of nitrogens with one attached hydrogen (secondary N) is 1. The van der Waals surface area contributed by atoms with E-state index in [0.29, 0.717) is 6.42 Å². The maximum absolute atomic E-state index is 11.6. The topological polar surface area (TPSA) is 75.6 Å². The molecule has 0 bridgehead atoms. The molecule has 0 radical (unpaired) electrons. The number of benzene rings is 1. The van der Waals surface area contributed by atoms with Gasteiger partial charge in [0.05, 0.1) is 5.92 Å². The van der Waals surface area contributed by atoms with Crippen LogP contribution < -0.4 is 5.32 Å². The first kappa shape index (κ1) is 17.5. The molecule has 0 spiro atoms. The average Bonchev–Trinajstić information content (AvgIpc) is 2.34. The lowest BCUT2D eigenvalue weighted by Gasteiger charge is -2.21. The van der Waals surface area contributed by atoms with Gasteiger partial charge >= 0.3 is 12.1 Å². The first-order valence-electron chi connectivity index (χ1n) is 6.61. The largest absolute Gasteiger partial charge is 0.481 e. The second-order valence-corrected chi connectivity index (χ2v) is 6.66. The number of aliphatic carboxylic acids is 1. The number of halogens is 1. The fourth-order valence-corrected chi connectivity index (χ4v) is 1.94. The predicted octanol–water partition coefficient (Wildman–Crippen LogP) is 3.22. The summed E-state index contributed by atoms with van der Waals surface area (Å²) >= 11 is 3.33. The Morgan fingerprint density at radius 2 is 1.86 bits per heavy atom. The Hall–Kier alpha value is -1.56. The highest BCUT2D eigenvalue weighted by Gasteiger charge is 2.21. The van der Waals surface area contributed by atoms with Crippen LogP contribution in [-0.4, -0.2) is 29.3 Å². The summed E-state index contributed by atoms with van der Waals surface area (Å²) in [4.78, 5) is 22.8. The highest BCUT2D eigenvalue weighted by molar-refractivity contribution is 9.10. The van der Waals surface area contributed by atoms with Crippen molar-refractivity contribution in [3.05, 3.63) is 34.3 Å². The second kappa shape index (κ2) is 7.45. The molecule has 0 aromatic heterocycles. The minimum Gasteiger partial charge on any atom is -0.481 e. The van der Waals surface area contributed by atoms with E-state index in [4.69, 9.17) is 4.74 Å². The van der Waals surface area contributed by atoms with E-state index >= 15 is 0 Å². The number of rotatable bonds is 5. The van der Waals surface area contributed by atoms with Gasteiger partial charge in [0.15, 0.2) is 0 Å². The summed E-state index contributed by atoms with van der Waals surface area (Å²) in [6, 6.07) is 7.42. The average molecular weight is 358 g/mol. The molecule has 0 fully saturated rings. The third-order valence-corrected chi connectivity index (χ3v) is 3.16. The van der Waals surface area contributed by atoms with Gasteiger partial charge in [0.1, 0.15) is 5.60 Å². The molecule has 1 rings (SSSR count). The SMILES string of the molecule is CC(C)(C)OC(=O)NC[C@@H](Cc1ccc(Br)cc1)C(=O)O. The molecule has 0 heterocycles. The van der Waals surface area contributed by atoms with Crippen molar-refractivity contribution < 1.29 is 19.4 Å². The first-order valence-corrected chi connectivity index (χ1v) is 7.41. The van der Waals surface area contributed by atoms with Gasteiger partial charge in [0.25, 0.3) is 0 Å². The van der Waals surface area contributed by atoms with Gasteiger partial charge in [-0.3, -0.25) is 4.79 Å². The van der Waals surface area contributed by atoms with Crippen LogP contribution in [0.1, 0.15) is 26.3 Å². The number of carboxylic acid groups (broad SMARTS) is 1. The van der Waals surface area contributed by atoms with Gasteiger partial charge < -0.3 is 15.2 Å². The molecule has 0 aliphatic rings. The van der Waals surface area contributed by atoms with Crippen molar-refractivity contribution in [1.29, 1.82) is 0 Å². The van der Waals surface area contributed by atoms with Crippen LogP contribution in [0.2, 0.25) is 0 Å². The van der Waals surface area contributed by atoms with Crippen molar-refractivity contribution in [3.63, 3.8) is 0 Å². The summed E-state index contributed by atoms with van der Waals surface area (Å²) in [5.74, 6) is -1.65. The Bertz CT molecular complexity index is 493. The molecule has 1 aromatic rings. The third-order valence-electron chi connectivity index (χ3n) is 2.64. The summed E-state index contributed by atoms with van der Waals surface area (Å²) in [7, 11) is 0. The van der Waals surface area contributed by atoms with Crippen LogP contribution >= 0.6 is 15.9 Å². The third kappa shape index (κ3) is 7.13. The molecule has 5 nitrogen and oxygen atoms in total. The van der Waals surface area contributed by atoms with Crippen LogP contribution in [0.3, 0.4) is 0 Å². The van der Waals surface area contributed by atoms with Crippen molar-refractivity contribution in [2.45, 2.75) is 32.8 Å². The second-order valence-electron chi connectivity index (χ2n) is 5.75. The molecule has 1 aromatic carbocycles. The summed E-state index contributed by atoms with van der Waals surface area (Å²) in [5.41, 5.74) is 0.297. The number of alkyl carbamates (subject to hydrolysis) is 1. The van der Waals surface area contributed by atoms with E-state index in [-0.39, 0.29) is 6.54 Å². The number of carbonyl (C=O) groups excluding carboxylic acids is 1. The number of amides is 1. The highest BCUT2D eigenvalue weighted by atomic mass is 79.9. The molecular formula is C15H20BrNO4. The number of ether oxygens (including phenoxy) is 1. The zero-order valence-electron chi connectivity index (χ0n) is 12.4. The lowest BCUT2D eigenvalue weighted by atomic mass is 9.99. The van der Waals surface area contributed by atoms with Gasteiger partial charge in [-0.25, -0.2) is 4.79 Å².